The zero-order chi connectivity index (χ0) is 21.0. The van der Waals surface area contributed by atoms with Crippen molar-refractivity contribution in [2.75, 3.05) is 6.54 Å². The summed E-state index contributed by atoms with van der Waals surface area (Å²) in [6.45, 7) is 1.34. The molecule has 1 aromatic carbocycles. The predicted molar refractivity (Wildman–Crippen MR) is 103 cm³/mol. The monoisotopic (exact) mass is 418 g/mol. The van der Waals surface area contributed by atoms with E-state index in [9.17, 15) is 23.2 Å². The number of carbonyl (C=O) groups excluding carboxylic acids is 3. The second kappa shape index (κ2) is 7.09. The maximum Gasteiger partial charge on any atom is 0.268 e. The van der Waals surface area contributed by atoms with E-state index < -0.39 is 29.8 Å². The van der Waals surface area contributed by atoms with Gasteiger partial charge in [-0.15, -0.1) is 0 Å². The molecule has 160 valence electrons. The minimum Gasteiger partial charge on any atom is -0.322 e. The second-order valence-electron chi connectivity index (χ2n) is 8.68. The van der Waals surface area contributed by atoms with Gasteiger partial charge in [0, 0.05) is 43.6 Å². The number of rotatable bonds is 5. The molecule has 3 aliphatic heterocycles. The minimum absolute atomic E-state index is 0.00735. The fourth-order valence-corrected chi connectivity index (χ4v) is 5.07. The largest absolute Gasteiger partial charge is 0.322 e. The molecule has 1 saturated carbocycles. The maximum atomic E-state index is 13.5. The van der Waals surface area contributed by atoms with Crippen LogP contribution in [0.15, 0.2) is 18.2 Å². The lowest BCUT2D eigenvalue weighted by Crippen LogP contribution is -2.52. The Morgan fingerprint density at radius 1 is 1.17 bits per heavy atom. The lowest BCUT2D eigenvalue weighted by atomic mass is 10.0. The van der Waals surface area contributed by atoms with E-state index in [1.165, 1.54) is 4.90 Å². The van der Waals surface area contributed by atoms with E-state index in [1.807, 2.05) is 18.2 Å². The molecule has 4 atom stereocenters. The molecule has 3 unspecified atom stereocenters. The van der Waals surface area contributed by atoms with E-state index >= 15 is 0 Å². The SMILES string of the molecule is O=C1CCC(N2Cc3cccc(CNC[C@H]4CCC5C(N4)C5(F)F)c3C2=O)C(=O)N1. The molecule has 1 aromatic rings. The number of halogens is 2. The Morgan fingerprint density at radius 3 is 2.77 bits per heavy atom. The van der Waals surface area contributed by atoms with E-state index in [1.54, 1.807) is 0 Å². The van der Waals surface area contributed by atoms with Gasteiger partial charge in [0.2, 0.25) is 11.8 Å². The van der Waals surface area contributed by atoms with Crippen molar-refractivity contribution in [1.82, 2.24) is 20.9 Å². The zero-order valence-corrected chi connectivity index (χ0v) is 16.4. The Bertz CT molecular complexity index is 922. The van der Waals surface area contributed by atoms with E-state index in [0.717, 1.165) is 11.1 Å². The number of hydrogen-bond acceptors (Lipinski definition) is 5. The van der Waals surface area contributed by atoms with Gasteiger partial charge in [0.25, 0.3) is 11.8 Å². The maximum absolute atomic E-state index is 13.5. The van der Waals surface area contributed by atoms with Crippen molar-refractivity contribution in [2.24, 2.45) is 5.92 Å². The average Bonchev–Trinajstić information content (AvgIpc) is 3.08. The van der Waals surface area contributed by atoms with E-state index in [-0.39, 0.29) is 24.3 Å². The van der Waals surface area contributed by atoms with E-state index in [0.29, 0.717) is 44.5 Å². The van der Waals surface area contributed by atoms with Crippen LogP contribution in [0.2, 0.25) is 0 Å². The van der Waals surface area contributed by atoms with Gasteiger partial charge in [-0.1, -0.05) is 18.2 Å². The molecule has 0 radical (unpaired) electrons. The van der Waals surface area contributed by atoms with Gasteiger partial charge in [-0.2, -0.15) is 0 Å². The number of nitrogens with one attached hydrogen (secondary N) is 3. The smallest absolute Gasteiger partial charge is 0.268 e. The zero-order valence-electron chi connectivity index (χ0n) is 16.4. The highest BCUT2D eigenvalue weighted by molar-refractivity contribution is 6.05. The summed E-state index contributed by atoms with van der Waals surface area (Å²) >= 11 is 0. The first-order valence-electron chi connectivity index (χ1n) is 10.5. The first-order valence-corrected chi connectivity index (χ1v) is 10.5. The number of hydrogen-bond donors (Lipinski definition) is 3. The third-order valence-corrected chi connectivity index (χ3v) is 6.79. The quantitative estimate of drug-likeness (QED) is 0.619. The molecular formula is C21H24F2N4O3. The number of carbonyl (C=O) groups is 3. The van der Waals surface area contributed by atoms with Crippen molar-refractivity contribution in [3.05, 3.63) is 34.9 Å². The van der Waals surface area contributed by atoms with Crippen LogP contribution in [0.1, 0.15) is 47.2 Å². The standard InChI is InChI=1S/C21H24F2N4O3/c22-21(23)14-5-4-13(25-18(14)21)9-24-8-11-2-1-3-12-10-27(20(30)17(11)12)15-6-7-16(28)26-19(15)29/h1-3,13-15,18,24-25H,4-10H2,(H,26,28,29)/t13-,14?,15?,18?/m1/s1. The fourth-order valence-electron chi connectivity index (χ4n) is 5.07. The van der Waals surface area contributed by atoms with Gasteiger partial charge in [0.15, 0.2) is 0 Å². The van der Waals surface area contributed by atoms with Crippen molar-refractivity contribution in [1.29, 1.82) is 0 Å². The van der Waals surface area contributed by atoms with Gasteiger partial charge in [-0.05, 0) is 30.4 Å². The molecule has 30 heavy (non-hydrogen) atoms. The molecular weight excluding hydrogens is 394 g/mol. The molecule has 0 spiro atoms. The Hall–Kier alpha value is -2.39. The van der Waals surface area contributed by atoms with Crippen molar-refractivity contribution < 1.29 is 23.2 Å². The number of benzene rings is 1. The highest BCUT2D eigenvalue weighted by Gasteiger charge is 2.69. The van der Waals surface area contributed by atoms with Gasteiger partial charge < -0.3 is 15.5 Å². The van der Waals surface area contributed by atoms with Gasteiger partial charge >= 0.3 is 0 Å². The topological polar surface area (TPSA) is 90.5 Å². The predicted octanol–water partition coefficient (Wildman–Crippen LogP) is 0.923. The summed E-state index contributed by atoms with van der Waals surface area (Å²) in [7, 11) is 0. The summed E-state index contributed by atoms with van der Waals surface area (Å²) < 4.78 is 27.0. The number of nitrogens with zero attached hydrogens (tertiary/aromatic N) is 1. The van der Waals surface area contributed by atoms with E-state index in [2.05, 4.69) is 16.0 Å². The highest BCUT2D eigenvalue weighted by Crippen LogP contribution is 2.53. The van der Waals surface area contributed by atoms with E-state index in [4.69, 9.17) is 0 Å². The summed E-state index contributed by atoms with van der Waals surface area (Å²) in [5, 5.41) is 8.63. The molecule has 4 aliphatic rings. The van der Waals surface area contributed by atoms with Crippen LogP contribution in [-0.2, 0) is 22.7 Å². The highest BCUT2D eigenvalue weighted by atomic mass is 19.3. The molecule has 7 nitrogen and oxygen atoms in total. The molecule has 1 aliphatic carbocycles. The molecule has 9 heteroatoms. The van der Waals surface area contributed by atoms with Gasteiger partial charge in [-0.25, -0.2) is 8.78 Å². The molecule has 3 amide bonds. The van der Waals surface area contributed by atoms with Crippen LogP contribution in [-0.4, -0.2) is 53.2 Å². The van der Waals surface area contributed by atoms with Crippen LogP contribution in [0.25, 0.3) is 0 Å². The Kier molecular flexibility index (Phi) is 4.62. The summed E-state index contributed by atoms with van der Waals surface area (Å²) in [5.74, 6) is -4.02. The first kappa shape index (κ1) is 19.6. The van der Waals surface area contributed by atoms with Crippen LogP contribution in [0.4, 0.5) is 8.78 Å². The number of alkyl halides is 2. The van der Waals surface area contributed by atoms with Crippen LogP contribution >= 0.6 is 0 Å². The van der Waals surface area contributed by atoms with Crippen molar-refractivity contribution in [2.45, 2.75) is 62.8 Å². The van der Waals surface area contributed by atoms with Crippen molar-refractivity contribution in [3.8, 4) is 0 Å². The minimum atomic E-state index is -2.57. The molecule has 0 aromatic heterocycles. The van der Waals surface area contributed by atoms with Gasteiger partial charge in [0.05, 0.1) is 6.04 Å². The fraction of sp³-hybridized carbons (Fsp3) is 0.571. The molecule has 0 bridgehead atoms. The normalized spacial score (nSPS) is 31.9. The molecule has 5 rings (SSSR count). The number of fused-ring (bicyclic) bond motifs is 2. The number of imide groups is 1. The van der Waals surface area contributed by atoms with Crippen LogP contribution in [0.5, 0.6) is 0 Å². The second-order valence-corrected chi connectivity index (χ2v) is 8.68. The molecule has 3 N–H and O–H groups in total. The van der Waals surface area contributed by atoms with Crippen LogP contribution < -0.4 is 16.0 Å². The number of amides is 3. The summed E-state index contributed by atoms with van der Waals surface area (Å²) in [5.41, 5.74) is 2.29. The Labute approximate surface area is 172 Å². The third-order valence-electron chi connectivity index (χ3n) is 6.79. The Balaban J connectivity index is 1.22. The summed E-state index contributed by atoms with van der Waals surface area (Å²) in [6.07, 6.45) is 1.80. The third kappa shape index (κ3) is 3.20. The average molecular weight is 418 g/mol. The van der Waals surface area contributed by atoms with Gasteiger partial charge in [-0.3, -0.25) is 19.7 Å². The lowest BCUT2D eigenvalue weighted by molar-refractivity contribution is -0.136. The molecule has 3 fully saturated rings. The van der Waals surface area contributed by atoms with Gasteiger partial charge in [0.1, 0.15) is 6.04 Å². The summed E-state index contributed by atoms with van der Waals surface area (Å²) in [6, 6.07) is 4.29. The molecule has 3 heterocycles. The lowest BCUT2D eigenvalue weighted by Gasteiger charge is -2.29. The summed E-state index contributed by atoms with van der Waals surface area (Å²) in [4.78, 5) is 38.2. The Morgan fingerprint density at radius 2 is 2.00 bits per heavy atom. The van der Waals surface area contributed by atoms with Crippen LogP contribution in [0, 0.1) is 5.92 Å². The van der Waals surface area contributed by atoms with Crippen molar-refractivity contribution >= 4 is 17.7 Å². The van der Waals surface area contributed by atoms with Crippen molar-refractivity contribution in [3.63, 3.8) is 0 Å². The number of piperidine rings is 2. The first-order chi connectivity index (χ1) is 14.4. The molecule has 2 saturated heterocycles. The van der Waals surface area contributed by atoms with Crippen LogP contribution in [0.3, 0.4) is 0 Å².